The van der Waals surface area contributed by atoms with Crippen LogP contribution >= 0.6 is 0 Å². The molecule has 0 saturated heterocycles. The normalized spacial score (nSPS) is 13.1. The first-order chi connectivity index (χ1) is 9.58. The van der Waals surface area contributed by atoms with Gasteiger partial charge in [0.1, 0.15) is 0 Å². The predicted molar refractivity (Wildman–Crippen MR) is 80.7 cm³/mol. The van der Waals surface area contributed by atoms with E-state index >= 15 is 0 Å². The molecule has 0 saturated carbocycles. The highest BCUT2D eigenvalue weighted by atomic mass is 16.5. The van der Waals surface area contributed by atoms with Gasteiger partial charge in [0.05, 0.1) is 32.0 Å². The van der Waals surface area contributed by atoms with Gasteiger partial charge in [0.25, 0.3) is 0 Å². The molecule has 4 nitrogen and oxygen atoms in total. The lowest BCUT2D eigenvalue weighted by atomic mass is 10.2. The number of benzene rings is 1. The van der Waals surface area contributed by atoms with E-state index in [1.165, 1.54) is 0 Å². The Bertz CT molecular complexity index is 343. The fourth-order valence-corrected chi connectivity index (χ4v) is 1.84. The average molecular weight is 281 g/mol. The Morgan fingerprint density at radius 2 is 1.90 bits per heavy atom. The van der Waals surface area contributed by atoms with Crippen molar-refractivity contribution in [2.24, 2.45) is 0 Å². The summed E-state index contributed by atoms with van der Waals surface area (Å²) in [7, 11) is 1.98. The molecule has 0 aromatic heterocycles. The second kappa shape index (κ2) is 9.88. The minimum atomic E-state index is -0.470. The molecular formula is C16H27NO3. The smallest absolute Gasteiger partial charge is 0.0900 e. The van der Waals surface area contributed by atoms with Gasteiger partial charge >= 0.3 is 0 Å². The van der Waals surface area contributed by atoms with Gasteiger partial charge in [0, 0.05) is 13.1 Å². The van der Waals surface area contributed by atoms with E-state index in [1.54, 1.807) is 0 Å². The summed E-state index contributed by atoms with van der Waals surface area (Å²) in [5, 5.41) is 9.90. The Hall–Kier alpha value is -0.940. The number of hydrogen-bond donors (Lipinski definition) is 1. The van der Waals surface area contributed by atoms with Crippen LogP contribution in [-0.2, 0) is 16.1 Å². The monoisotopic (exact) mass is 281 g/mol. The van der Waals surface area contributed by atoms with E-state index in [0.29, 0.717) is 26.4 Å². The molecule has 1 N–H and O–H groups in total. The molecule has 1 atom stereocenters. The van der Waals surface area contributed by atoms with Crippen LogP contribution in [0.5, 0.6) is 0 Å². The maximum atomic E-state index is 9.90. The molecule has 0 aliphatic carbocycles. The van der Waals surface area contributed by atoms with E-state index in [1.807, 2.05) is 51.2 Å². The minimum absolute atomic E-state index is 0.252. The summed E-state index contributed by atoms with van der Waals surface area (Å²) in [6.07, 6.45) is -0.217. The SMILES string of the molecule is CC(C)OCCN(C)CC(O)COCc1ccccc1. The van der Waals surface area contributed by atoms with Crippen molar-refractivity contribution < 1.29 is 14.6 Å². The summed E-state index contributed by atoms with van der Waals surface area (Å²) >= 11 is 0. The third-order valence-corrected chi connectivity index (χ3v) is 2.87. The molecule has 1 aromatic rings. The highest BCUT2D eigenvalue weighted by molar-refractivity contribution is 5.13. The van der Waals surface area contributed by atoms with Gasteiger partial charge in [-0.25, -0.2) is 0 Å². The zero-order chi connectivity index (χ0) is 14.8. The maximum Gasteiger partial charge on any atom is 0.0900 e. The van der Waals surface area contributed by atoms with Crippen molar-refractivity contribution in [3.63, 3.8) is 0 Å². The summed E-state index contributed by atoms with van der Waals surface area (Å²) in [6, 6.07) is 9.98. The van der Waals surface area contributed by atoms with Crippen LogP contribution in [0.2, 0.25) is 0 Å². The summed E-state index contributed by atoms with van der Waals surface area (Å²) in [5.74, 6) is 0. The Morgan fingerprint density at radius 3 is 2.55 bits per heavy atom. The van der Waals surface area contributed by atoms with E-state index in [-0.39, 0.29) is 6.10 Å². The van der Waals surface area contributed by atoms with E-state index in [4.69, 9.17) is 9.47 Å². The zero-order valence-corrected chi connectivity index (χ0v) is 12.8. The first-order valence-electron chi connectivity index (χ1n) is 7.18. The third-order valence-electron chi connectivity index (χ3n) is 2.87. The van der Waals surface area contributed by atoms with Gasteiger partial charge in [-0.05, 0) is 26.5 Å². The van der Waals surface area contributed by atoms with Crippen molar-refractivity contribution in [1.29, 1.82) is 0 Å². The number of hydrogen-bond acceptors (Lipinski definition) is 4. The number of likely N-dealkylation sites (N-methyl/N-ethyl adjacent to an activating group) is 1. The Balaban J connectivity index is 2.08. The first kappa shape index (κ1) is 17.1. The summed E-state index contributed by atoms with van der Waals surface area (Å²) in [6.45, 7) is 7.02. The minimum Gasteiger partial charge on any atom is -0.389 e. The molecule has 114 valence electrons. The van der Waals surface area contributed by atoms with Crippen molar-refractivity contribution in [1.82, 2.24) is 4.90 Å². The van der Waals surface area contributed by atoms with Crippen LogP contribution in [0.15, 0.2) is 30.3 Å². The van der Waals surface area contributed by atoms with Crippen molar-refractivity contribution >= 4 is 0 Å². The highest BCUT2D eigenvalue weighted by Gasteiger charge is 2.08. The van der Waals surface area contributed by atoms with Crippen molar-refractivity contribution in [2.75, 3.05) is 33.4 Å². The molecule has 20 heavy (non-hydrogen) atoms. The molecule has 0 amide bonds. The lowest BCUT2D eigenvalue weighted by Crippen LogP contribution is -2.34. The maximum absolute atomic E-state index is 9.90. The zero-order valence-electron chi connectivity index (χ0n) is 12.8. The van der Waals surface area contributed by atoms with Crippen LogP contribution in [0, 0.1) is 0 Å². The summed E-state index contributed by atoms with van der Waals surface area (Å²) < 4.78 is 11.0. The fraction of sp³-hybridized carbons (Fsp3) is 0.625. The van der Waals surface area contributed by atoms with Crippen LogP contribution < -0.4 is 0 Å². The molecule has 0 aliphatic rings. The highest BCUT2D eigenvalue weighted by Crippen LogP contribution is 2.01. The molecular weight excluding hydrogens is 254 g/mol. The summed E-state index contributed by atoms with van der Waals surface area (Å²) in [5.41, 5.74) is 1.12. The largest absolute Gasteiger partial charge is 0.389 e. The van der Waals surface area contributed by atoms with Crippen molar-refractivity contribution in [3.05, 3.63) is 35.9 Å². The number of aliphatic hydroxyl groups excluding tert-OH is 1. The lowest BCUT2D eigenvalue weighted by Gasteiger charge is -2.21. The molecule has 0 radical (unpaired) electrons. The van der Waals surface area contributed by atoms with Gasteiger partial charge < -0.3 is 19.5 Å². The van der Waals surface area contributed by atoms with Gasteiger partial charge in [-0.1, -0.05) is 30.3 Å². The van der Waals surface area contributed by atoms with Crippen molar-refractivity contribution in [2.45, 2.75) is 32.7 Å². The molecule has 0 spiro atoms. The molecule has 1 unspecified atom stereocenters. The summed E-state index contributed by atoms with van der Waals surface area (Å²) in [4.78, 5) is 2.05. The second-order valence-corrected chi connectivity index (χ2v) is 5.34. The van der Waals surface area contributed by atoms with Gasteiger partial charge in [-0.15, -0.1) is 0 Å². The van der Waals surface area contributed by atoms with Gasteiger partial charge in [0.15, 0.2) is 0 Å². The van der Waals surface area contributed by atoms with Crippen LogP contribution in [0.3, 0.4) is 0 Å². The van der Waals surface area contributed by atoms with E-state index in [9.17, 15) is 5.11 Å². The van der Waals surface area contributed by atoms with Crippen LogP contribution in [0.4, 0.5) is 0 Å². The fourth-order valence-electron chi connectivity index (χ4n) is 1.84. The molecule has 1 aromatic carbocycles. The van der Waals surface area contributed by atoms with Crippen LogP contribution in [-0.4, -0.2) is 55.6 Å². The van der Waals surface area contributed by atoms with E-state index < -0.39 is 6.10 Å². The molecule has 0 bridgehead atoms. The van der Waals surface area contributed by atoms with Gasteiger partial charge in [-0.3, -0.25) is 0 Å². The molecule has 0 fully saturated rings. The van der Waals surface area contributed by atoms with E-state index in [2.05, 4.69) is 4.90 Å². The molecule has 0 heterocycles. The topological polar surface area (TPSA) is 41.9 Å². The molecule has 0 aliphatic heterocycles. The third kappa shape index (κ3) is 8.27. The lowest BCUT2D eigenvalue weighted by molar-refractivity contribution is 0.00577. The van der Waals surface area contributed by atoms with Crippen LogP contribution in [0.25, 0.3) is 0 Å². The number of rotatable bonds is 10. The average Bonchev–Trinajstić information content (AvgIpc) is 2.39. The number of ether oxygens (including phenoxy) is 2. The van der Waals surface area contributed by atoms with Crippen molar-refractivity contribution in [3.8, 4) is 0 Å². The Morgan fingerprint density at radius 1 is 1.20 bits per heavy atom. The number of aliphatic hydroxyl groups is 1. The van der Waals surface area contributed by atoms with E-state index in [0.717, 1.165) is 12.1 Å². The molecule has 4 heteroatoms. The standard InChI is InChI=1S/C16H27NO3/c1-14(2)20-10-9-17(3)11-16(18)13-19-12-15-7-5-4-6-8-15/h4-8,14,16,18H,9-13H2,1-3H3. The Kier molecular flexibility index (Phi) is 8.46. The van der Waals surface area contributed by atoms with Gasteiger partial charge in [-0.2, -0.15) is 0 Å². The first-order valence-corrected chi connectivity index (χ1v) is 7.18. The predicted octanol–water partition coefficient (Wildman–Crippen LogP) is 1.92. The van der Waals surface area contributed by atoms with Crippen LogP contribution in [0.1, 0.15) is 19.4 Å². The Labute approximate surface area is 122 Å². The van der Waals surface area contributed by atoms with Gasteiger partial charge in [0.2, 0.25) is 0 Å². The number of nitrogens with zero attached hydrogens (tertiary/aromatic N) is 1. The quantitative estimate of drug-likeness (QED) is 0.711. The molecule has 1 rings (SSSR count). The second-order valence-electron chi connectivity index (χ2n) is 5.34.